The monoisotopic (exact) mass is 498 g/mol. The Morgan fingerprint density at radius 1 is 0.971 bits per heavy atom. The zero-order chi connectivity index (χ0) is 24.4. The molecule has 5 rings (SSSR count). The third kappa shape index (κ3) is 5.14. The third-order valence-electron chi connectivity index (χ3n) is 6.55. The summed E-state index contributed by atoms with van der Waals surface area (Å²) in [7, 11) is 0. The number of amides is 3. The van der Waals surface area contributed by atoms with Crippen LogP contribution in [0.4, 0.5) is 11.4 Å². The minimum absolute atomic E-state index is 0.0787. The van der Waals surface area contributed by atoms with Gasteiger partial charge in [0.2, 0.25) is 17.7 Å². The number of hydrogen-bond acceptors (Lipinski definition) is 6. The average molecular weight is 499 g/mol. The van der Waals surface area contributed by atoms with Crippen LogP contribution in [0.15, 0.2) is 42.5 Å². The third-order valence-corrected chi connectivity index (χ3v) is 6.79. The molecule has 1 N–H and O–H groups in total. The summed E-state index contributed by atoms with van der Waals surface area (Å²) in [4.78, 5) is 43.5. The number of ether oxygens (including phenoxy) is 2. The minimum Gasteiger partial charge on any atom is -0.486 e. The zero-order valence-corrected chi connectivity index (χ0v) is 20.0. The Bertz CT molecular complexity index is 1130. The summed E-state index contributed by atoms with van der Waals surface area (Å²) in [6.07, 6.45) is 0.104. The highest BCUT2D eigenvalue weighted by Gasteiger charge is 2.36. The van der Waals surface area contributed by atoms with E-state index in [0.717, 1.165) is 5.69 Å². The molecule has 2 aromatic rings. The topological polar surface area (TPSA) is 91.4 Å². The maximum atomic E-state index is 12.7. The summed E-state index contributed by atoms with van der Waals surface area (Å²) in [5, 5.41) is 3.41. The van der Waals surface area contributed by atoms with Crippen molar-refractivity contribution in [3.8, 4) is 11.5 Å². The summed E-state index contributed by atoms with van der Waals surface area (Å²) >= 11 is 6.08. The fraction of sp³-hybridized carbons (Fsp3) is 0.400. The normalized spacial score (nSPS) is 19.6. The molecule has 0 spiro atoms. The van der Waals surface area contributed by atoms with E-state index in [9.17, 15) is 14.4 Å². The van der Waals surface area contributed by atoms with Gasteiger partial charge in [-0.15, -0.1) is 0 Å². The van der Waals surface area contributed by atoms with Crippen molar-refractivity contribution in [3.63, 3.8) is 0 Å². The molecule has 1 atom stereocenters. The first-order valence-electron chi connectivity index (χ1n) is 11.7. The Morgan fingerprint density at radius 2 is 1.74 bits per heavy atom. The zero-order valence-electron chi connectivity index (χ0n) is 19.2. The van der Waals surface area contributed by atoms with Gasteiger partial charge in [0.25, 0.3) is 0 Å². The second kappa shape index (κ2) is 10.0. The molecule has 3 aliphatic heterocycles. The number of fused-ring (bicyclic) bond motifs is 1. The predicted molar refractivity (Wildman–Crippen MR) is 131 cm³/mol. The lowest BCUT2D eigenvalue weighted by molar-refractivity contribution is -0.134. The Balaban J connectivity index is 1.10. The SMILES string of the molecule is O=C(NCC(=O)N1CCN(c2cccc(Cl)c2)CC1)C1CC(=O)N(c2ccc3c(c2)OCCO3)C1. The Kier molecular flexibility index (Phi) is 6.68. The van der Waals surface area contributed by atoms with Crippen LogP contribution in [0.5, 0.6) is 11.5 Å². The summed E-state index contributed by atoms with van der Waals surface area (Å²) in [5.41, 5.74) is 1.70. The van der Waals surface area contributed by atoms with E-state index < -0.39 is 5.92 Å². The molecule has 9 nitrogen and oxygen atoms in total. The number of rotatable bonds is 5. The van der Waals surface area contributed by atoms with Crippen molar-refractivity contribution >= 4 is 40.7 Å². The molecule has 3 amide bonds. The van der Waals surface area contributed by atoms with Gasteiger partial charge in [0.05, 0.1) is 12.5 Å². The highest BCUT2D eigenvalue weighted by atomic mass is 35.5. The van der Waals surface area contributed by atoms with Crippen LogP contribution in [0.1, 0.15) is 6.42 Å². The van der Waals surface area contributed by atoms with E-state index in [-0.39, 0.29) is 37.2 Å². The number of hydrogen-bond donors (Lipinski definition) is 1. The Hall–Kier alpha value is -3.46. The Labute approximate surface area is 208 Å². The van der Waals surface area contributed by atoms with Gasteiger partial charge in [-0.1, -0.05) is 17.7 Å². The van der Waals surface area contributed by atoms with Gasteiger partial charge in [-0.05, 0) is 30.3 Å². The maximum Gasteiger partial charge on any atom is 0.242 e. The number of carbonyl (C=O) groups excluding carboxylic acids is 3. The second-order valence-corrected chi connectivity index (χ2v) is 9.24. The largest absolute Gasteiger partial charge is 0.486 e. The summed E-state index contributed by atoms with van der Waals surface area (Å²) < 4.78 is 11.1. The van der Waals surface area contributed by atoms with Gasteiger partial charge in [-0.25, -0.2) is 0 Å². The second-order valence-electron chi connectivity index (χ2n) is 8.80. The van der Waals surface area contributed by atoms with Crippen molar-refractivity contribution in [1.29, 1.82) is 0 Å². The van der Waals surface area contributed by atoms with Crippen molar-refractivity contribution < 1.29 is 23.9 Å². The standard InChI is InChI=1S/C25H27ClN4O5/c26-18-2-1-3-19(13-18)28-6-8-29(9-7-28)24(32)15-27-25(33)17-12-23(31)30(16-17)20-4-5-21-22(14-20)35-11-10-34-21/h1-5,13-14,17H,6-12,15-16H2,(H,27,33). The van der Waals surface area contributed by atoms with Crippen molar-refractivity contribution in [1.82, 2.24) is 10.2 Å². The lowest BCUT2D eigenvalue weighted by Crippen LogP contribution is -2.51. The molecule has 10 heteroatoms. The summed E-state index contributed by atoms with van der Waals surface area (Å²) in [6, 6.07) is 13.0. The van der Waals surface area contributed by atoms with Gasteiger partial charge < -0.3 is 29.5 Å². The number of piperazine rings is 1. The molecular formula is C25H27ClN4O5. The molecule has 1 unspecified atom stereocenters. The lowest BCUT2D eigenvalue weighted by atomic mass is 10.1. The van der Waals surface area contributed by atoms with Crippen LogP contribution in [0.2, 0.25) is 5.02 Å². The fourth-order valence-electron chi connectivity index (χ4n) is 4.64. The molecule has 35 heavy (non-hydrogen) atoms. The van der Waals surface area contributed by atoms with Gasteiger partial charge in [0, 0.05) is 61.6 Å². The number of nitrogens with zero attached hydrogens (tertiary/aromatic N) is 3. The number of anilines is 2. The first-order valence-corrected chi connectivity index (χ1v) is 12.1. The molecule has 0 aromatic heterocycles. The first kappa shape index (κ1) is 23.3. The molecule has 2 fully saturated rings. The van der Waals surface area contributed by atoms with Gasteiger partial charge in [0.15, 0.2) is 11.5 Å². The van der Waals surface area contributed by atoms with Crippen LogP contribution in [0, 0.1) is 5.92 Å². The van der Waals surface area contributed by atoms with Crippen LogP contribution >= 0.6 is 11.6 Å². The van der Waals surface area contributed by atoms with Crippen LogP contribution in [0.25, 0.3) is 0 Å². The van der Waals surface area contributed by atoms with Gasteiger partial charge in [-0.2, -0.15) is 0 Å². The predicted octanol–water partition coefficient (Wildman–Crippen LogP) is 1.93. The van der Waals surface area contributed by atoms with E-state index in [1.54, 1.807) is 28.0 Å². The lowest BCUT2D eigenvalue weighted by Gasteiger charge is -2.36. The van der Waals surface area contributed by atoms with Gasteiger partial charge in [0.1, 0.15) is 13.2 Å². The number of benzene rings is 2. The fourth-order valence-corrected chi connectivity index (χ4v) is 4.82. The van der Waals surface area contributed by atoms with E-state index in [0.29, 0.717) is 61.6 Å². The van der Waals surface area contributed by atoms with Crippen LogP contribution < -0.4 is 24.6 Å². The minimum atomic E-state index is -0.511. The molecule has 2 saturated heterocycles. The molecule has 184 valence electrons. The Morgan fingerprint density at radius 3 is 2.51 bits per heavy atom. The molecule has 3 heterocycles. The van der Waals surface area contributed by atoms with Gasteiger partial charge >= 0.3 is 0 Å². The van der Waals surface area contributed by atoms with Crippen molar-refractivity contribution in [2.45, 2.75) is 6.42 Å². The first-order chi connectivity index (χ1) is 17.0. The van der Waals surface area contributed by atoms with E-state index in [1.807, 2.05) is 24.3 Å². The van der Waals surface area contributed by atoms with E-state index >= 15 is 0 Å². The van der Waals surface area contributed by atoms with E-state index in [1.165, 1.54) is 0 Å². The molecule has 0 bridgehead atoms. The van der Waals surface area contributed by atoms with Crippen molar-refractivity contribution in [3.05, 3.63) is 47.5 Å². The number of halogens is 1. The molecule has 0 saturated carbocycles. The van der Waals surface area contributed by atoms with Crippen molar-refractivity contribution in [2.75, 3.05) is 62.3 Å². The molecule has 0 radical (unpaired) electrons. The summed E-state index contributed by atoms with van der Waals surface area (Å²) in [6.45, 7) is 3.67. The molecular weight excluding hydrogens is 472 g/mol. The quantitative estimate of drug-likeness (QED) is 0.677. The summed E-state index contributed by atoms with van der Waals surface area (Å²) in [5.74, 6) is 0.179. The highest BCUT2D eigenvalue weighted by molar-refractivity contribution is 6.30. The molecule has 2 aromatic carbocycles. The van der Waals surface area contributed by atoms with Gasteiger partial charge in [-0.3, -0.25) is 14.4 Å². The highest BCUT2D eigenvalue weighted by Crippen LogP contribution is 2.36. The van der Waals surface area contributed by atoms with Crippen LogP contribution in [0.3, 0.4) is 0 Å². The van der Waals surface area contributed by atoms with E-state index in [4.69, 9.17) is 21.1 Å². The maximum absolute atomic E-state index is 12.7. The van der Waals surface area contributed by atoms with Crippen molar-refractivity contribution in [2.24, 2.45) is 5.92 Å². The van der Waals surface area contributed by atoms with E-state index in [2.05, 4.69) is 10.2 Å². The smallest absolute Gasteiger partial charge is 0.242 e. The van der Waals surface area contributed by atoms with Crippen LogP contribution in [-0.4, -0.2) is 75.1 Å². The number of nitrogens with one attached hydrogen (secondary N) is 1. The number of carbonyl (C=O) groups is 3. The molecule has 0 aliphatic carbocycles. The molecule has 3 aliphatic rings. The van der Waals surface area contributed by atoms with Crippen LogP contribution in [-0.2, 0) is 14.4 Å². The average Bonchev–Trinajstić information content (AvgIpc) is 3.28.